The van der Waals surface area contributed by atoms with Crippen LogP contribution in [0.15, 0.2) is 48.7 Å². The number of aromatic nitrogens is 1. The average molecular weight is 339 g/mol. The van der Waals surface area contributed by atoms with Crippen LogP contribution in [0.3, 0.4) is 0 Å². The number of esters is 1. The molecule has 0 atom stereocenters. The van der Waals surface area contributed by atoms with Gasteiger partial charge in [0.05, 0.1) is 5.56 Å². The highest BCUT2D eigenvalue weighted by Gasteiger charge is 2.21. The SMILES string of the molecule is CCN(C(=O)COC(=O)c1ccc(NC2CC2)nc1)c1ccccc1. The van der Waals surface area contributed by atoms with E-state index in [1.165, 1.54) is 6.20 Å². The summed E-state index contributed by atoms with van der Waals surface area (Å²) in [6.07, 6.45) is 3.78. The molecule has 130 valence electrons. The third-order valence-corrected chi connectivity index (χ3v) is 3.94. The van der Waals surface area contributed by atoms with Gasteiger partial charge in [-0.05, 0) is 44.0 Å². The Balaban J connectivity index is 1.54. The molecule has 1 heterocycles. The van der Waals surface area contributed by atoms with E-state index in [0.717, 1.165) is 24.3 Å². The normalized spacial score (nSPS) is 13.2. The van der Waals surface area contributed by atoms with E-state index in [1.807, 2.05) is 37.3 Å². The van der Waals surface area contributed by atoms with Crippen LogP contribution >= 0.6 is 0 Å². The molecule has 1 aliphatic rings. The molecule has 1 fully saturated rings. The van der Waals surface area contributed by atoms with Crippen molar-refractivity contribution in [1.82, 2.24) is 4.98 Å². The van der Waals surface area contributed by atoms with Crippen LogP contribution in [0, 0.1) is 0 Å². The van der Waals surface area contributed by atoms with Gasteiger partial charge >= 0.3 is 5.97 Å². The Morgan fingerprint density at radius 3 is 2.56 bits per heavy atom. The number of amides is 1. The fourth-order valence-corrected chi connectivity index (χ4v) is 2.44. The zero-order valence-corrected chi connectivity index (χ0v) is 14.1. The van der Waals surface area contributed by atoms with Gasteiger partial charge in [0, 0.05) is 24.5 Å². The highest BCUT2D eigenvalue weighted by Crippen LogP contribution is 2.23. The molecule has 25 heavy (non-hydrogen) atoms. The Morgan fingerprint density at radius 1 is 1.20 bits per heavy atom. The molecular weight excluding hydrogens is 318 g/mol. The van der Waals surface area contributed by atoms with Crippen LogP contribution in [-0.2, 0) is 9.53 Å². The minimum Gasteiger partial charge on any atom is -0.452 e. The van der Waals surface area contributed by atoms with E-state index in [0.29, 0.717) is 18.2 Å². The molecular formula is C19H21N3O3. The molecule has 1 aromatic carbocycles. The summed E-state index contributed by atoms with van der Waals surface area (Å²) in [7, 11) is 0. The van der Waals surface area contributed by atoms with Crippen molar-refractivity contribution in [2.24, 2.45) is 0 Å². The first-order valence-electron chi connectivity index (χ1n) is 8.42. The highest BCUT2D eigenvalue weighted by molar-refractivity contribution is 5.97. The maximum absolute atomic E-state index is 12.3. The second-order valence-corrected chi connectivity index (χ2v) is 5.90. The van der Waals surface area contributed by atoms with Gasteiger partial charge in [0.25, 0.3) is 5.91 Å². The number of carbonyl (C=O) groups excluding carboxylic acids is 2. The van der Waals surface area contributed by atoms with Gasteiger partial charge in [-0.15, -0.1) is 0 Å². The van der Waals surface area contributed by atoms with E-state index in [-0.39, 0.29) is 12.5 Å². The molecule has 1 saturated carbocycles. The smallest absolute Gasteiger partial charge is 0.340 e. The molecule has 2 aromatic rings. The zero-order chi connectivity index (χ0) is 17.6. The molecule has 1 N–H and O–H groups in total. The number of anilines is 2. The Bertz CT molecular complexity index is 727. The summed E-state index contributed by atoms with van der Waals surface area (Å²) >= 11 is 0. The molecule has 1 amide bonds. The molecule has 1 aromatic heterocycles. The van der Waals surface area contributed by atoms with Gasteiger partial charge < -0.3 is 15.0 Å². The standard InChI is InChI=1S/C19H21N3O3/c1-2-22(16-6-4-3-5-7-16)18(23)13-25-19(24)14-8-11-17(20-12-14)21-15-9-10-15/h3-8,11-12,15H,2,9-10,13H2,1H3,(H,20,21). The van der Waals surface area contributed by atoms with Crippen LogP contribution in [-0.4, -0.2) is 36.1 Å². The minimum absolute atomic E-state index is 0.262. The van der Waals surface area contributed by atoms with Crippen LogP contribution in [0.5, 0.6) is 0 Å². The first-order chi connectivity index (χ1) is 12.2. The van der Waals surface area contributed by atoms with E-state index in [4.69, 9.17) is 4.74 Å². The fourth-order valence-electron chi connectivity index (χ4n) is 2.44. The number of rotatable bonds is 7. The number of ether oxygens (including phenoxy) is 1. The summed E-state index contributed by atoms with van der Waals surface area (Å²) in [6.45, 7) is 2.08. The van der Waals surface area contributed by atoms with Gasteiger partial charge in [-0.2, -0.15) is 0 Å². The second-order valence-electron chi connectivity index (χ2n) is 5.90. The van der Waals surface area contributed by atoms with E-state index in [9.17, 15) is 9.59 Å². The van der Waals surface area contributed by atoms with Crippen LogP contribution in [0.25, 0.3) is 0 Å². The largest absolute Gasteiger partial charge is 0.452 e. The molecule has 6 nitrogen and oxygen atoms in total. The number of likely N-dealkylation sites (N-methyl/N-ethyl adjacent to an activating group) is 1. The Morgan fingerprint density at radius 2 is 1.96 bits per heavy atom. The van der Waals surface area contributed by atoms with Gasteiger partial charge in [0.15, 0.2) is 6.61 Å². The first kappa shape index (κ1) is 17.0. The summed E-state index contributed by atoms with van der Waals surface area (Å²) in [5.41, 5.74) is 1.11. The number of pyridine rings is 1. The van der Waals surface area contributed by atoms with Crippen LogP contribution in [0.1, 0.15) is 30.1 Å². The van der Waals surface area contributed by atoms with Crippen molar-refractivity contribution < 1.29 is 14.3 Å². The van der Waals surface area contributed by atoms with Crippen LogP contribution < -0.4 is 10.2 Å². The fraction of sp³-hybridized carbons (Fsp3) is 0.316. The maximum atomic E-state index is 12.3. The van der Waals surface area contributed by atoms with Gasteiger partial charge in [-0.3, -0.25) is 4.79 Å². The molecule has 0 spiro atoms. The highest BCUT2D eigenvalue weighted by atomic mass is 16.5. The van der Waals surface area contributed by atoms with Crippen molar-refractivity contribution in [3.63, 3.8) is 0 Å². The van der Waals surface area contributed by atoms with Gasteiger partial charge in [0.2, 0.25) is 0 Å². The maximum Gasteiger partial charge on any atom is 0.340 e. The lowest BCUT2D eigenvalue weighted by atomic mass is 10.3. The van der Waals surface area contributed by atoms with E-state index in [1.54, 1.807) is 17.0 Å². The summed E-state index contributed by atoms with van der Waals surface area (Å²) in [6, 6.07) is 13.2. The van der Waals surface area contributed by atoms with Crippen molar-refractivity contribution >= 4 is 23.4 Å². The van der Waals surface area contributed by atoms with Crippen molar-refractivity contribution in [3.8, 4) is 0 Å². The quantitative estimate of drug-likeness (QED) is 0.786. The lowest BCUT2D eigenvalue weighted by molar-refractivity contribution is -0.121. The Hall–Kier alpha value is -2.89. The topological polar surface area (TPSA) is 71.5 Å². The minimum atomic E-state index is -0.553. The predicted octanol–water partition coefficient (Wildman–Crippen LogP) is 2.87. The molecule has 0 radical (unpaired) electrons. The van der Waals surface area contributed by atoms with E-state index < -0.39 is 5.97 Å². The summed E-state index contributed by atoms with van der Waals surface area (Å²) < 4.78 is 5.14. The average Bonchev–Trinajstić information content (AvgIpc) is 3.46. The second kappa shape index (κ2) is 7.79. The number of para-hydroxylation sites is 1. The van der Waals surface area contributed by atoms with E-state index in [2.05, 4.69) is 10.3 Å². The lowest BCUT2D eigenvalue weighted by Gasteiger charge is -2.20. The zero-order valence-electron chi connectivity index (χ0n) is 14.1. The molecule has 6 heteroatoms. The molecule has 0 aliphatic heterocycles. The van der Waals surface area contributed by atoms with Crippen molar-refractivity contribution in [2.75, 3.05) is 23.4 Å². The Labute approximate surface area is 146 Å². The number of benzene rings is 1. The molecule has 0 unspecified atom stereocenters. The number of hydrogen-bond donors (Lipinski definition) is 1. The van der Waals surface area contributed by atoms with Gasteiger partial charge in [-0.1, -0.05) is 18.2 Å². The molecule has 0 bridgehead atoms. The van der Waals surface area contributed by atoms with Gasteiger partial charge in [0.1, 0.15) is 5.82 Å². The first-order valence-corrected chi connectivity index (χ1v) is 8.42. The van der Waals surface area contributed by atoms with Crippen LogP contribution in [0.2, 0.25) is 0 Å². The van der Waals surface area contributed by atoms with E-state index >= 15 is 0 Å². The number of carbonyl (C=O) groups is 2. The Kier molecular flexibility index (Phi) is 5.28. The van der Waals surface area contributed by atoms with Crippen molar-refractivity contribution in [2.45, 2.75) is 25.8 Å². The molecule has 1 aliphatic carbocycles. The predicted molar refractivity (Wildman–Crippen MR) is 95.6 cm³/mol. The van der Waals surface area contributed by atoms with Crippen molar-refractivity contribution in [3.05, 3.63) is 54.2 Å². The lowest BCUT2D eigenvalue weighted by Crippen LogP contribution is -2.34. The number of hydrogen-bond acceptors (Lipinski definition) is 5. The third-order valence-electron chi connectivity index (χ3n) is 3.94. The third kappa shape index (κ3) is 4.56. The molecule has 0 saturated heterocycles. The van der Waals surface area contributed by atoms with Gasteiger partial charge in [-0.25, -0.2) is 9.78 Å². The summed E-state index contributed by atoms with van der Waals surface area (Å²) in [5.74, 6) is -0.0682. The number of nitrogens with one attached hydrogen (secondary N) is 1. The monoisotopic (exact) mass is 339 g/mol. The summed E-state index contributed by atoms with van der Waals surface area (Å²) in [5, 5.41) is 3.25. The number of nitrogens with zero attached hydrogens (tertiary/aromatic N) is 2. The molecule has 3 rings (SSSR count). The van der Waals surface area contributed by atoms with Crippen molar-refractivity contribution in [1.29, 1.82) is 0 Å². The summed E-state index contributed by atoms with van der Waals surface area (Å²) in [4.78, 5) is 30.2. The van der Waals surface area contributed by atoms with Crippen LogP contribution in [0.4, 0.5) is 11.5 Å².